The van der Waals surface area contributed by atoms with Gasteiger partial charge in [0, 0.05) is 50.1 Å². The Balaban J connectivity index is 1.38. The van der Waals surface area contributed by atoms with Crippen LogP contribution in [-0.4, -0.2) is 55.0 Å². The SMILES string of the molecule is CC(=O)/C(N)=C1/C(=NCC(=O)N2CCN(c3cccc(C)c3C)CC2)CC2C(C)C12. The quantitative estimate of drug-likeness (QED) is 0.777. The smallest absolute Gasteiger partial charge is 0.244 e. The Labute approximate surface area is 178 Å². The van der Waals surface area contributed by atoms with Crippen LogP contribution in [0.15, 0.2) is 34.5 Å². The molecule has 2 saturated carbocycles. The van der Waals surface area contributed by atoms with Crippen molar-refractivity contribution in [2.45, 2.75) is 34.1 Å². The van der Waals surface area contributed by atoms with Crippen molar-refractivity contribution in [1.29, 1.82) is 0 Å². The molecule has 6 nitrogen and oxygen atoms in total. The summed E-state index contributed by atoms with van der Waals surface area (Å²) in [5, 5.41) is 0. The number of benzene rings is 1. The van der Waals surface area contributed by atoms with E-state index in [0.29, 0.717) is 36.5 Å². The maximum absolute atomic E-state index is 12.8. The number of piperazine rings is 1. The number of allylic oxidation sites excluding steroid dienone is 2. The summed E-state index contributed by atoms with van der Waals surface area (Å²) in [5.74, 6) is 1.39. The minimum atomic E-state index is -0.105. The molecule has 3 atom stereocenters. The predicted octanol–water partition coefficient (Wildman–Crippen LogP) is 2.48. The second kappa shape index (κ2) is 7.89. The van der Waals surface area contributed by atoms with Crippen molar-refractivity contribution in [3.8, 4) is 0 Å². The Hall–Kier alpha value is -2.63. The van der Waals surface area contributed by atoms with Gasteiger partial charge in [0.05, 0.1) is 5.70 Å². The van der Waals surface area contributed by atoms with E-state index in [1.165, 1.54) is 23.7 Å². The lowest BCUT2D eigenvalue weighted by Crippen LogP contribution is -2.49. The number of aliphatic imine (C=N–C) groups is 1. The molecule has 0 spiro atoms. The van der Waals surface area contributed by atoms with Crippen molar-refractivity contribution in [3.05, 3.63) is 40.6 Å². The molecule has 1 heterocycles. The molecule has 1 saturated heterocycles. The molecule has 1 aliphatic heterocycles. The summed E-state index contributed by atoms with van der Waals surface area (Å²) in [5.41, 5.74) is 12.1. The third-order valence-electron chi connectivity index (χ3n) is 7.26. The van der Waals surface area contributed by atoms with Gasteiger partial charge in [0.25, 0.3) is 0 Å². The van der Waals surface area contributed by atoms with Gasteiger partial charge in [-0.25, -0.2) is 0 Å². The molecule has 3 fully saturated rings. The zero-order valence-corrected chi connectivity index (χ0v) is 18.4. The molecular formula is C24H32N4O2. The lowest BCUT2D eigenvalue weighted by molar-refractivity contribution is -0.129. The first-order valence-electron chi connectivity index (χ1n) is 10.9. The Bertz CT molecular complexity index is 941. The molecular weight excluding hydrogens is 376 g/mol. The first-order chi connectivity index (χ1) is 14.3. The van der Waals surface area contributed by atoms with E-state index in [1.807, 2.05) is 4.90 Å². The van der Waals surface area contributed by atoms with Gasteiger partial charge >= 0.3 is 0 Å². The fourth-order valence-electron chi connectivity index (χ4n) is 5.07. The van der Waals surface area contributed by atoms with E-state index in [-0.39, 0.29) is 18.2 Å². The number of amides is 1. The highest BCUT2D eigenvalue weighted by Crippen LogP contribution is 2.59. The number of aryl methyl sites for hydroxylation is 1. The van der Waals surface area contributed by atoms with E-state index < -0.39 is 0 Å². The van der Waals surface area contributed by atoms with E-state index in [1.54, 1.807) is 0 Å². The van der Waals surface area contributed by atoms with Crippen molar-refractivity contribution in [3.63, 3.8) is 0 Å². The van der Waals surface area contributed by atoms with Crippen LogP contribution < -0.4 is 10.6 Å². The van der Waals surface area contributed by atoms with Crippen molar-refractivity contribution in [2.24, 2.45) is 28.5 Å². The fourth-order valence-corrected chi connectivity index (χ4v) is 5.07. The van der Waals surface area contributed by atoms with Crippen molar-refractivity contribution in [2.75, 3.05) is 37.6 Å². The highest BCUT2D eigenvalue weighted by molar-refractivity contribution is 6.11. The number of carbonyl (C=O) groups is 2. The number of nitrogens with two attached hydrogens (primary N) is 1. The van der Waals surface area contributed by atoms with E-state index in [2.05, 4.69) is 48.9 Å². The van der Waals surface area contributed by atoms with Crippen LogP contribution >= 0.6 is 0 Å². The summed E-state index contributed by atoms with van der Waals surface area (Å²) >= 11 is 0. The largest absolute Gasteiger partial charge is 0.396 e. The molecule has 0 bridgehead atoms. The summed E-state index contributed by atoms with van der Waals surface area (Å²) in [6.07, 6.45) is 0.836. The van der Waals surface area contributed by atoms with Crippen LogP contribution in [0.4, 0.5) is 5.69 Å². The van der Waals surface area contributed by atoms with Crippen LogP contribution in [0.5, 0.6) is 0 Å². The minimum Gasteiger partial charge on any atom is -0.396 e. The monoisotopic (exact) mass is 408 g/mol. The van der Waals surface area contributed by atoms with Crippen molar-refractivity contribution >= 4 is 23.1 Å². The first-order valence-corrected chi connectivity index (χ1v) is 10.9. The van der Waals surface area contributed by atoms with Crippen LogP contribution in [0.1, 0.15) is 31.4 Å². The van der Waals surface area contributed by atoms with Gasteiger partial charge in [-0.05, 0) is 55.2 Å². The molecule has 3 aliphatic rings. The van der Waals surface area contributed by atoms with Gasteiger partial charge in [-0.1, -0.05) is 19.1 Å². The number of fused-ring (bicyclic) bond motifs is 1. The number of carbonyl (C=O) groups excluding carboxylic acids is 2. The first kappa shape index (κ1) is 20.6. The summed E-state index contributed by atoms with van der Waals surface area (Å²) in [6, 6.07) is 6.38. The van der Waals surface area contributed by atoms with Gasteiger partial charge in [-0.2, -0.15) is 0 Å². The second-order valence-corrected chi connectivity index (χ2v) is 8.99. The molecule has 2 N–H and O–H groups in total. The van der Waals surface area contributed by atoms with Gasteiger partial charge in [0.15, 0.2) is 5.78 Å². The average molecular weight is 409 g/mol. The van der Waals surface area contributed by atoms with E-state index >= 15 is 0 Å². The molecule has 6 heteroatoms. The third-order valence-corrected chi connectivity index (χ3v) is 7.26. The number of nitrogens with zero attached hydrogens (tertiary/aromatic N) is 3. The van der Waals surface area contributed by atoms with Crippen molar-refractivity contribution < 1.29 is 9.59 Å². The molecule has 4 rings (SSSR count). The van der Waals surface area contributed by atoms with Gasteiger partial charge in [-0.15, -0.1) is 0 Å². The topological polar surface area (TPSA) is 79.0 Å². The number of anilines is 1. The molecule has 1 aromatic carbocycles. The highest BCUT2D eigenvalue weighted by Gasteiger charge is 2.56. The van der Waals surface area contributed by atoms with Gasteiger partial charge in [0.1, 0.15) is 6.54 Å². The lowest BCUT2D eigenvalue weighted by atomic mass is 10.0. The normalized spacial score (nSPS) is 28.5. The summed E-state index contributed by atoms with van der Waals surface area (Å²) in [6.45, 7) is 11.2. The maximum atomic E-state index is 12.8. The van der Waals surface area contributed by atoms with Crippen LogP contribution in [-0.2, 0) is 9.59 Å². The van der Waals surface area contributed by atoms with Crippen LogP contribution in [0.2, 0.25) is 0 Å². The van der Waals surface area contributed by atoms with E-state index in [0.717, 1.165) is 30.8 Å². The number of rotatable bonds is 4. The summed E-state index contributed by atoms with van der Waals surface area (Å²) in [7, 11) is 0. The predicted molar refractivity (Wildman–Crippen MR) is 120 cm³/mol. The fraction of sp³-hybridized carbons (Fsp3) is 0.542. The van der Waals surface area contributed by atoms with Gasteiger partial charge in [0.2, 0.25) is 5.91 Å². The van der Waals surface area contributed by atoms with E-state index in [9.17, 15) is 9.59 Å². The average Bonchev–Trinajstić information content (AvgIpc) is 3.18. The number of Topliss-reactive ketones (excluding diaryl/α,β-unsaturated/α-hetero) is 1. The molecule has 0 aromatic heterocycles. The standard InChI is InChI=1S/C24H32N4O2/c1-14-6-5-7-20(15(14)2)27-8-10-28(11-9-27)21(30)13-26-19-12-18-16(3)22(18)23(19)24(25)17(4)29/h5-7,16,18,22H,8-13,25H2,1-4H3/b24-23+,26-19?. The molecule has 0 radical (unpaired) electrons. The van der Waals surface area contributed by atoms with Gasteiger partial charge in [-0.3, -0.25) is 14.6 Å². The Morgan fingerprint density at radius 3 is 2.53 bits per heavy atom. The summed E-state index contributed by atoms with van der Waals surface area (Å²) in [4.78, 5) is 33.5. The lowest BCUT2D eigenvalue weighted by Gasteiger charge is -2.37. The second-order valence-electron chi connectivity index (χ2n) is 8.99. The van der Waals surface area contributed by atoms with Crippen LogP contribution in [0.3, 0.4) is 0 Å². The number of hydrogen-bond acceptors (Lipinski definition) is 5. The zero-order valence-electron chi connectivity index (χ0n) is 18.4. The van der Waals surface area contributed by atoms with Crippen LogP contribution in [0.25, 0.3) is 0 Å². The molecule has 30 heavy (non-hydrogen) atoms. The number of ketones is 1. The minimum absolute atomic E-state index is 0.0532. The molecule has 1 aromatic rings. The third kappa shape index (κ3) is 3.64. The molecule has 3 unspecified atom stereocenters. The Kier molecular flexibility index (Phi) is 5.43. The maximum Gasteiger partial charge on any atom is 0.244 e. The summed E-state index contributed by atoms with van der Waals surface area (Å²) < 4.78 is 0. The highest BCUT2D eigenvalue weighted by atomic mass is 16.2. The Morgan fingerprint density at radius 1 is 1.17 bits per heavy atom. The molecule has 2 aliphatic carbocycles. The zero-order chi connectivity index (χ0) is 21.6. The molecule has 1 amide bonds. The van der Waals surface area contributed by atoms with Crippen molar-refractivity contribution in [1.82, 2.24) is 4.90 Å². The number of hydrogen-bond donors (Lipinski definition) is 1. The van der Waals surface area contributed by atoms with Gasteiger partial charge < -0.3 is 15.5 Å². The molecule has 160 valence electrons. The Morgan fingerprint density at radius 2 is 1.87 bits per heavy atom. The van der Waals surface area contributed by atoms with E-state index in [4.69, 9.17) is 5.73 Å². The van der Waals surface area contributed by atoms with Crippen LogP contribution in [0, 0.1) is 31.6 Å².